The van der Waals surface area contributed by atoms with E-state index in [0.717, 1.165) is 22.4 Å². The Morgan fingerprint density at radius 2 is 1.35 bits per heavy atom. The maximum absolute atomic E-state index is 12.2. The number of nitrogens with one attached hydrogen (secondary N) is 1. The van der Waals surface area contributed by atoms with Gasteiger partial charge >= 0.3 is 6.09 Å². The summed E-state index contributed by atoms with van der Waals surface area (Å²) in [6, 6.07) is 25.9. The normalized spacial score (nSPS) is 11.4. The molecule has 1 N–H and O–H groups in total. The second-order valence-corrected chi connectivity index (χ2v) is 7.25. The van der Waals surface area contributed by atoms with Gasteiger partial charge in [-0.1, -0.05) is 72.8 Å². The molecule has 160 valence electrons. The van der Waals surface area contributed by atoms with Crippen LogP contribution in [-0.2, 0) is 29.2 Å². The first-order valence-electron chi connectivity index (χ1n) is 9.95. The van der Waals surface area contributed by atoms with Gasteiger partial charge in [-0.15, -0.1) is 11.6 Å². The van der Waals surface area contributed by atoms with E-state index in [2.05, 4.69) is 5.32 Å². The smallest absolute Gasteiger partial charge is 0.408 e. The Kier molecular flexibility index (Phi) is 8.49. The SMILES string of the molecule is O=C(N[C@@H](Cc1ccc(OCc2ccccc2)cc1)C(=O)CCl)OCc1ccccc1. The molecule has 31 heavy (non-hydrogen) atoms. The molecule has 3 aromatic rings. The number of alkyl carbamates (subject to hydrolysis) is 1. The van der Waals surface area contributed by atoms with Gasteiger partial charge in [0.15, 0.2) is 5.78 Å². The maximum Gasteiger partial charge on any atom is 0.408 e. The lowest BCUT2D eigenvalue weighted by molar-refractivity contribution is -0.118. The highest BCUT2D eigenvalue weighted by Gasteiger charge is 2.21. The standard InChI is InChI=1S/C25H24ClNO4/c26-16-24(28)23(27-25(29)31-18-21-9-5-2-6-10-21)15-19-11-13-22(14-12-19)30-17-20-7-3-1-4-8-20/h1-14,23H,15-18H2,(H,27,29)/t23-/m0/s1. The van der Waals surface area contributed by atoms with Crippen LogP contribution in [0.1, 0.15) is 16.7 Å². The zero-order chi connectivity index (χ0) is 21.9. The molecule has 0 fully saturated rings. The van der Waals surface area contributed by atoms with Gasteiger partial charge in [0, 0.05) is 0 Å². The fraction of sp³-hybridized carbons (Fsp3) is 0.200. The maximum atomic E-state index is 12.2. The van der Waals surface area contributed by atoms with Gasteiger partial charge in [0.1, 0.15) is 19.0 Å². The van der Waals surface area contributed by atoms with E-state index < -0.39 is 12.1 Å². The number of hydrogen-bond acceptors (Lipinski definition) is 4. The van der Waals surface area contributed by atoms with E-state index in [-0.39, 0.29) is 18.3 Å². The van der Waals surface area contributed by atoms with Crippen molar-refractivity contribution in [2.24, 2.45) is 0 Å². The number of halogens is 1. The minimum absolute atomic E-state index is 0.127. The van der Waals surface area contributed by atoms with Crippen molar-refractivity contribution in [3.05, 3.63) is 102 Å². The highest BCUT2D eigenvalue weighted by atomic mass is 35.5. The van der Waals surface area contributed by atoms with Crippen molar-refractivity contribution >= 4 is 23.5 Å². The number of hydrogen-bond donors (Lipinski definition) is 1. The number of amides is 1. The molecule has 0 aliphatic heterocycles. The zero-order valence-corrected chi connectivity index (χ0v) is 17.8. The van der Waals surface area contributed by atoms with Gasteiger partial charge in [-0.25, -0.2) is 4.79 Å². The molecule has 0 aliphatic carbocycles. The number of carbonyl (C=O) groups is 2. The quantitative estimate of drug-likeness (QED) is 0.457. The third-order valence-corrected chi connectivity index (χ3v) is 4.90. The molecule has 0 aromatic heterocycles. The molecule has 3 aromatic carbocycles. The van der Waals surface area contributed by atoms with Crippen molar-refractivity contribution in [3.8, 4) is 5.75 Å². The van der Waals surface area contributed by atoms with Gasteiger partial charge in [0.05, 0.1) is 11.9 Å². The first kappa shape index (κ1) is 22.4. The van der Waals surface area contributed by atoms with Gasteiger partial charge in [0.25, 0.3) is 0 Å². The van der Waals surface area contributed by atoms with Crippen LogP contribution < -0.4 is 10.1 Å². The monoisotopic (exact) mass is 437 g/mol. The first-order valence-corrected chi connectivity index (χ1v) is 10.5. The molecule has 0 saturated carbocycles. The Morgan fingerprint density at radius 3 is 1.94 bits per heavy atom. The number of Topliss-reactive ketones (excluding diaryl/α,β-unsaturated/α-hetero) is 1. The summed E-state index contributed by atoms with van der Waals surface area (Å²) in [5.41, 5.74) is 2.82. The summed E-state index contributed by atoms with van der Waals surface area (Å²) >= 11 is 5.73. The molecule has 5 nitrogen and oxygen atoms in total. The van der Waals surface area contributed by atoms with E-state index in [1.165, 1.54) is 0 Å². The highest BCUT2D eigenvalue weighted by molar-refractivity contribution is 6.28. The third-order valence-electron chi connectivity index (χ3n) is 4.64. The summed E-state index contributed by atoms with van der Waals surface area (Å²) in [6.07, 6.45) is -0.347. The molecule has 0 unspecified atom stereocenters. The summed E-state index contributed by atoms with van der Waals surface area (Å²) in [5, 5.41) is 2.62. The van der Waals surface area contributed by atoms with Crippen LogP contribution in [0.5, 0.6) is 5.75 Å². The Morgan fingerprint density at radius 1 is 0.774 bits per heavy atom. The van der Waals surface area contributed by atoms with Crippen molar-refractivity contribution in [3.63, 3.8) is 0 Å². The van der Waals surface area contributed by atoms with Crippen molar-refractivity contribution in [1.29, 1.82) is 0 Å². The molecule has 0 saturated heterocycles. The van der Waals surface area contributed by atoms with Crippen LogP contribution in [0.15, 0.2) is 84.9 Å². The molecular weight excluding hydrogens is 414 g/mol. The van der Waals surface area contributed by atoms with Crippen molar-refractivity contribution in [2.75, 3.05) is 5.88 Å². The van der Waals surface area contributed by atoms with Gasteiger partial charge in [0.2, 0.25) is 0 Å². The fourth-order valence-corrected chi connectivity index (χ4v) is 3.13. The molecule has 6 heteroatoms. The lowest BCUT2D eigenvalue weighted by Crippen LogP contribution is -2.43. The Balaban J connectivity index is 1.53. The Bertz CT molecular complexity index is 962. The fourth-order valence-electron chi connectivity index (χ4n) is 2.94. The minimum atomic E-state index is -0.767. The molecule has 1 amide bonds. The summed E-state index contributed by atoms with van der Waals surface area (Å²) in [6.45, 7) is 0.601. The average molecular weight is 438 g/mol. The third kappa shape index (κ3) is 7.46. The molecule has 1 atom stereocenters. The van der Waals surface area contributed by atoms with Crippen LogP contribution in [0, 0.1) is 0 Å². The van der Waals surface area contributed by atoms with E-state index in [0.29, 0.717) is 13.0 Å². The predicted octanol–water partition coefficient (Wildman–Crippen LogP) is 4.91. The molecule has 0 spiro atoms. The molecule has 0 bridgehead atoms. The zero-order valence-electron chi connectivity index (χ0n) is 17.0. The van der Waals surface area contributed by atoms with Gasteiger partial charge in [-0.3, -0.25) is 4.79 Å². The van der Waals surface area contributed by atoms with Gasteiger partial charge in [-0.05, 0) is 35.2 Å². The highest BCUT2D eigenvalue weighted by Crippen LogP contribution is 2.16. The summed E-state index contributed by atoms with van der Waals surface area (Å²) < 4.78 is 11.0. The van der Waals surface area contributed by atoms with E-state index in [9.17, 15) is 9.59 Å². The number of benzene rings is 3. The Hall–Kier alpha value is -3.31. The van der Waals surface area contributed by atoms with E-state index in [1.807, 2.05) is 84.9 Å². The minimum Gasteiger partial charge on any atom is -0.489 e. The van der Waals surface area contributed by atoms with E-state index >= 15 is 0 Å². The van der Waals surface area contributed by atoms with Crippen LogP contribution >= 0.6 is 11.6 Å². The molecular formula is C25H24ClNO4. The predicted molar refractivity (Wildman–Crippen MR) is 120 cm³/mol. The Labute approximate surface area is 187 Å². The molecule has 3 rings (SSSR count). The summed E-state index contributed by atoms with van der Waals surface area (Å²) in [4.78, 5) is 24.4. The number of ether oxygens (including phenoxy) is 2. The second kappa shape index (κ2) is 11.8. The van der Waals surface area contributed by atoms with Crippen molar-refractivity contribution < 1.29 is 19.1 Å². The van der Waals surface area contributed by atoms with Crippen molar-refractivity contribution in [2.45, 2.75) is 25.7 Å². The first-order chi connectivity index (χ1) is 15.1. The van der Waals surface area contributed by atoms with Gasteiger partial charge < -0.3 is 14.8 Å². The van der Waals surface area contributed by atoms with E-state index in [1.54, 1.807) is 0 Å². The number of carbonyl (C=O) groups excluding carboxylic acids is 2. The number of ketones is 1. The number of alkyl halides is 1. The van der Waals surface area contributed by atoms with Crippen LogP contribution in [-0.4, -0.2) is 23.8 Å². The molecule has 0 heterocycles. The average Bonchev–Trinajstić information content (AvgIpc) is 2.82. The van der Waals surface area contributed by atoms with Crippen LogP contribution in [0.2, 0.25) is 0 Å². The summed E-state index contributed by atoms with van der Waals surface area (Å²) in [7, 11) is 0. The topological polar surface area (TPSA) is 64.6 Å². The van der Waals surface area contributed by atoms with Crippen LogP contribution in [0.25, 0.3) is 0 Å². The second-order valence-electron chi connectivity index (χ2n) is 6.98. The lowest BCUT2D eigenvalue weighted by atomic mass is 10.0. The lowest BCUT2D eigenvalue weighted by Gasteiger charge is -2.17. The number of rotatable bonds is 10. The largest absolute Gasteiger partial charge is 0.489 e. The summed E-state index contributed by atoms with van der Waals surface area (Å²) in [5.74, 6) is 0.257. The van der Waals surface area contributed by atoms with Crippen LogP contribution in [0.4, 0.5) is 4.79 Å². The van der Waals surface area contributed by atoms with Gasteiger partial charge in [-0.2, -0.15) is 0 Å². The molecule has 0 radical (unpaired) electrons. The van der Waals surface area contributed by atoms with Crippen LogP contribution in [0.3, 0.4) is 0 Å². The van der Waals surface area contributed by atoms with Crippen molar-refractivity contribution in [1.82, 2.24) is 5.32 Å². The molecule has 0 aliphatic rings. The van der Waals surface area contributed by atoms with E-state index in [4.69, 9.17) is 21.1 Å².